The van der Waals surface area contributed by atoms with Crippen LogP contribution in [0.15, 0.2) is 11.1 Å². The van der Waals surface area contributed by atoms with E-state index in [1.165, 1.54) is 11.1 Å². The van der Waals surface area contributed by atoms with Crippen LogP contribution in [0.3, 0.4) is 0 Å². The van der Waals surface area contributed by atoms with Crippen LogP contribution in [0.2, 0.25) is 0 Å². The van der Waals surface area contributed by atoms with Gasteiger partial charge < -0.3 is 9.47 Å². The second-order valence-corrected chi connectivity index (χ2v) is 2.54. The molecule has 0 aliphatic carbocycles. The lowest BCUT2D eigenvalue weighted by molar-refractivity contribution is -0.0212. The quantitative estimate of drug-likeness (QED) is 0.341. The fraction of sp³-hybridized carbons (Fsp3) is 0.750. The van der Waals surface area contributed by atoms with Crippen molar-refractivity contribution < 1.29 is 9.47 Å². The van der Waals surface area contributed by atoms with E-state index >= 15 is 0 Å². The molecule has 60 valence electrons. The standard InChI is InChI=1S/C8H16O2/c1-7(2)8(3)5-10-6-9-4/h5-6H2,1-4H3. The minimum Gasteiger partial charge on any atom is -0.359 e. The normalized spacial score (nSPS) is 9.60. The van der Waals surface area contributed by atoms with Crippen molar-refractivity contribution in [2.75, 3.05) is 20.5 Å². The maximum atomic E-state index is 5.13. The molecule has 10 heavy (non-hydrogen) atoms. The van der Waals surface area contributed by atoms with Gasteiger partial charge in [0.1, 0.15) is 6.79 Å². The van der Waals surface area contributed by atoms with E-state index < -0.39 is 0 Å². The SMILES string of the molecule is COCOCC(C)=C(C)C. The molecule has 0 aromatic heterocycles. The summed E-state index contributed by atoms with van der Waals surface area (Å²) in [5.74, 6) is 0. The Morgan fingerprint density at radius 3 is 2.20 bits per heavy atom. The summed E-state index contributed by atoms with van der Waals surface area (Å²) in [4.78, 5) is 0. The van der Waals surface area contributed by atoms with Gasteiger partial charge in [0.2, 0.25) is 0 Å². The molecule has 0 rings (SSSR count). The maximum absolute atomic E-state index is 5.13. The molecule has 0 aromatic rings. The summed E-state index contributed by atoms with van der Waals surface area (Å²) < 4.78 is 9.85. The molecule has 0 N–H and O–H groups in total. The fourth-order valence-electron chi connectivity index (χ4n) is 0.422. The molecular weight excluding hydrogens is 128 g/mol. The molecule has 0 spiro atoms. The molecule has 0 radical (unpaired) electrons. The highest BCUT2D eigenvalue weighted by molar-refractivity contribution is 5.06. The zero-order valence-corrected chi connectivity index (χ0v) is 7.23. The molecule has 0 bridgehead atoms. The molecule has 0 aromatic carbocycles. The van der Waals surface area contributed by atoms with Crippen molar-refractivity contribution in [2.24, 2.45) is 0 Å². The predicted molar refractivity (Wildman–Crippen MR) is 41.9 cm³/mol. The van der Waals surface area contributed by atoms with Crippen molar-refractivity contribution in [1.82, 2.24) is 0 Å². The van der Waals surface area contributed by atoms with Crippen LogP contribution in [-0.4, -0.2) is 20.5 Å². The third kappa shape index (κ3) is 4.53. The Bertz CT molecular complexity index is 112. The van der Waals surface area contributed by atoms with Crippen LogP contribution < -0.4 is 0 Å². The van der Waals surface area contributed by atoms with Gasteiger partial charge in [-0.15, -0.1) is 0 Å². The van der Waals surface area contributed by atoms with Crippen LogP contribution in [0.5, 0.6) is 0 Å². The highest BCUT2D eigenvalue weighted by Crippen LogP contribution is 2.01. The van der Waals surface area contributed by atoms with E-state index in [9.17, 15) is 0 Å². The van der Waals surface area contributed by atoms with Crippen LogP contribution in [0.1, 0.15) is 20.8 Å². The first-order valence-corrected chi connectivity index (χ1v) is 3.38. The molecule has 0 amide bonds. The summed E-state index contributed by atoms with van der Waals surface area (Å²) >= 11 is 0. The average molecular weight is 144 g/mol. The first kappa shape index (κ1) is 9.66. The van der Waals surface area contributed by atoms with Crippen molar-refractivity contribution in [3.8, 4) is 0 Å². The summed E-state index contributed by atoms with van der Waals surface area (Å²) in [6.07, 6.45) is 0. The minimum atomic E-state index is 0.380. The van der Waals surface area contributed by atoms with Gasteiger partial charge in [0, 0.05) is 7.11 Å². The molecule has 0 saturated heterocycles. The van der Waals surface area contributed by atoms with E-state index in [2.05, 4.69) is 20.8 Å². The molecule has 0 saturated carbocycles. The second kappa shape index (κ2) is 5.45. The number of hydrogen-bond acceptors (Lipinski definition) is 2. The Labute approximate surface area is 62.8 Å². The van der Waals surface area contributed by atoms with E-state index in [1.54, 1.807) is 7.11 Å². The summed E-state index contributed by atoms with van der Waals surface area (Å²) in [5.41, 5.74) is 2.59. The molecule has 0 aliphatic heterocycles. The van der Waals surface area contributed by atoms with Crippen molar-refractivity contribution >= 4 is 0 Å². The molecule has 0 heterocycles. The predicted octanol–water partition coefficient (Wildman–Crippen LogP) is 1.96. The molecule has 0 atom stereocenters. The van der Waals surface area contributed by atoms with Crippen molar-refractivity contribution in [3.63, 3.8) is 0 Å². The van der Waals surface area contributed by atoms with Crippen molar-refractivity contribution in [1.29, 1.82) is 0 Å². The number of hydrogen-bond donors (Lipinski definition) is 0. The van der Waals surface area contributed by atoms with E-state index in [0.29, 0.717) is 13.4 Å². The lowest BCUT2D eigenvalue weighted by Crippen LogP contribution is -2.00. The zero-order valence-electron chi connectivity index (χ0n) is 7.23. The lowest BCUT2D eigenvalue weighted by Gasteiger charge is -2.03. The van der Waals surface area contributed by atoms with Crippen LogP contribution in [-0.2, 0) is 9.47 Å². The van der Waals surface area contributed by atoms with Gasteiger partial charge in [-0.25, -0.2) is 0 Å². The highest BCUT2D eigenvalue weighted by atomic mass is 16.7. The van der Waals surface area contributed by atoms with Crippen molar-refractivity contribution in [3.05, 3.63) is 11.1 Å². The van der Waals surface area contributed by atoms with Gasteiger partial charge in [-0.2, -0.15) is 0 Å². The maximum Gasteiger partial charge on any atom is 0.146 e. The molecule has 0 fully saturated rings. The Balaban J connectivity index is 3.40. The summed E-state index contributed by atoms with van der Waals surface area (Å²) in [6.45, 7) is 7.27. The van der Waals surface area contributed by atoms with E-state index in [1.807, 2.05) is 0 Å². The zero-order chi connectivity index (χ0) is 7.98. The first-order chi connectivity index (χ1) is 4.68. The molecule has 2 nitrogen and oxygen atoms in total. The largest absolute Gasteiger partial charge is 0.359 e. The Morgan fingerprint density at radius 1 is 1.20 bits per heavy atom. The lowest BCUT2D eigenvalue weighted by atomic mass is 10.2. The molecular formula is C8H16O2. The van der Waals surface area contributed by atoms with Gasteiger partial charge in [0.25, 0.3) is 0 Å². The number of rotatable bonds is 4. The van der Waals surface area contributed by atoms with Crippen molar-refractivity contribution in [2.45, 2.75) is 20.8 Å². The number of ether oxygens (including phenoxy) is 2. The van der Waals surface area contributed by atoms with Gasteiger partial charge in [-0.1, -0.05) is 5.57 Å². The van der Waals surface area contributed by atoms with Crippen LogP contribution in [0.25, 0.3) is 0 Å². The Kier molecular flexibility index (Phi) is 5.26. The number of methoxy groups -OCH3 is 1. The van der Waals surface area contributed by atoms with Gasteiger partial charge in [-0.05, 0) is 26.3 Å². The average Bonchev–Trinajstić information content (AvgIpc) is 1.88. The smallest absolute Gasteiger partial charge is 0.146 e. The highest BCUT2D eigenvalue weighted by Gasteiger charge is 1.90. The summed E-state index contributed by atoms with van der Waals surface area (Å²) in [7, 11) is 1.62. The topological polar surface area (TPSA) is 18.5 Å². The van der Waals surface area contributed by atoms with Gasteiger partial charge >= 0.3 is 0 Å². The minimum absolute atomic E-state index is 0.380. The van der Waals surface area contributed by atoms with Crippen LogP contribution >= 0.6 is 0 Å². The van der Waals surface area contributed by atoms with E-state index in [0.717, 1.165) is 0 Å². The van der Waals surface area contributed by atoms with Crippen LogP contribution in [0, 0.1) is 0 Å². The second-order valence-electron chi connectivity index (χ2n) is 2.54. The summed E-state index contributed by atoms with van der Waals surface area (Å²) in [6, 6.07) is 0. The van der Waals surface area contributed by atoms with Gasteiger partial charge in [-0.3, -0.25) is 0 Å². The first-order valence-electron chi connectivity index (χ1n) is 3.38. The summed E-state index contributed by atoms with van der Waals surface area (Å²) in [5, 5.41) is 0. The van der Waals surface area contributed by atoms with E-state index in [-0.39, 0.29) is 0 Å². The third-order valence-electron chi connectivity index (χ3n) is 1.37. The van der Waals surface area contributed by atoms with Gasteiger partial charge in [0.15, 0.2) is 0 Å². The molecule has 0 unspecified atom stereocenters. The Morgan fingerprint density at radius 2 is 1.80 bits per heavy atom. The molecule has 2 heteroatoms. The molecule has 0 aliphatic rings. The van der Waals surface area contributed by atoms with Gasteiger partial charge in [0.05, 0.1) is 6.61 Å². The number of allylic oxidation sites excluding steroid dienone is 1. The van der Waals surface area contributed by atoms with Crippen LogP contribution in [0.4, 0.5) is 0 Å². The Hall–Kier alpha value is -0.340. The van der Waals surface area contributed by atoms with E-state index in [4.69, 9.17) is 9.47 Å². The monoisotopic (exact) mass is 144 g/mol. The fourth-order valence-corrected chi connectivity index (χ4v) is 0.422. The third-order valence-corrected chi connectivity index (χ3v) is 1.37.